The molecule has 114 valence electrons. The highest BCUT2D eigenvalue weighted by molar-refractivity contribution is 5.83. The first-order valence-electron chi connectivity index (χ1n) is 7.07. The number of methoxy groups -OCH3 is 2. The van der Waals surface area contributed by atoms with E-state index in [9.17, 15) is 0 Å². The van der Waals surface area contributed by atoms with Gasteiger partial charge in [0.15, 0.2) is 17.1 Å². The average molecular weight is 298 g/mol. The summed E-state index contributed by atoms with van der Waals surface area (Å²) in [5.74, 6) is 1.84. The van der Waals surface area contributed by atoms with Crippen molar-refractivity contribution in [3.05, 3.63) is 35.9 Å². The fourth-order valence-electron chi connectivity index (χ4n) is 2.48. The lowest BCUT2D eigenvalue weighted by molar-refractivity contribution is 0.355. The molecule has 0 aliphatic carbocycles. The van der Waals surface area contributed by atoms with Crippen molar-refractivity contribution in [2.24, 2.45) is 0 Å². The predicted octanol–water partition coefficient (Wildman–Crippen LogP) is 3.66. The molecule has 0 radical (unpaired) electrons. The molecule has 0 saturated carbocycles. The number of fused-ring (bicyclic) bond motifs is 1. The highest BCUT2D eigenvalue weighted by atomic mass is 16.5. The minimum atomic E-state index is 0.538. The molecule has 0 fully saturated rings. The topological polar surface area (TPSA) is 70.5 Å². The molecule has 22 heavy (non-hydrogen) atoms. The van der Waals surface area contributed by atoms with Crippen LogP contribution in [0, 0.1) is 0 Å². The molecule has 2 aromatic carbocycles. The number of rotatable bonds is 4. The van der Waals surface area contributed by atoms with Crippen LogP contribution in [0.15, 0.2) is 34.7 Å². The third kappa shape index (κ3) is 2.35. The van der Waals surface area contributed by atoms with Crippen molar-refractivity contribution in [1.29, 1.82) is 0 Å². The van der Waals surface area contributed by atoms with E-state index < -0.39 is 0 Å². The van der Waals surface area contributed by atoms with Crippen LogP contribution in [0.1, 0.15) is 12.5 Å². The lowest BCUT2D eigenvalue weighted by Gasteiger charge is -2.07. The molecule has 0 atom stereocenters. The zero-order valence-corrected chi connectivity index (χ0v) is 12.8. The van der Waals surface area contributed by atoms with Crippen LogP contribution in [-0.2, 0) is 6.42 Å². The van der Waals surface area contributed by atoms with Crippen LogP contribution in [0.25, 0.3) is 22.6 Å². The Bertz CT molecular complexity index is 824. The van der Waals surface area contributed by atoms with E-state index in [2.05, 4.69) is 11.9 Å². The van der Waals surface area contributed by atoms with E-state index in [1.165, 1.54) is 0 Å². The van der Waals surface area contributed by atoms with Gasteiger partial charge in [0.25, 0.3) is 0 Å². The molecule has 2 N–H and O–H groups in total. The molecule has 0 amide bonds. The Hall–Kier alpha value is -2.69. The number of hydrogen-bond donors (Lipinski definition) is 1. The van der Waals surface area contributed by atoms with Crippen LogP contribution in [0.2, 0.25) is 0 Å². The minimum Gasteiger partial charge on any atom is -0.493 e. The molecule has 3 rings (SSSR count). The summed E-state index contributed by atoms with van der Waals surface area (Å²) in [4.78, 5) is 4.54. The van der Waals surface area contributed by atoms with Gasteiger partial charge in [-0.05, 0) is 42.3 Å². The van der Waals surface area contributed by atoms with E-state index in [4.69, 9.17) is 19.6 Å². The van der Waals surface area contributed by atoms with Crippen LogP contribution in [0.3, 0.4) is 0 Å². The summed E-state index contributed by atoms with van der Waals surface area (Å²) in [6.07, 6.45) is 0.835. The number of anilines is 1. The lowest BCUT2D eigenvalue weighted by Crippen LogP contribution is -1.90. The number of ether oxygens (including phenoxy) is 2. The van der Waals surface area contributed by atoms with Gasteiger partial charge in [-0.25, -0.2) is 4.98 Å². The van der Waals surface area contributed by atoms with Crippen LogP contribution in [0.5, 0.6) is 11.5 Å². The number of benzene rings is 2. The number of oxazole rings is 1. The molecule has 0 bridgehead atoms. The van der Waals surface area contributed by atoms with E-state index in [-0.39, 0.29) is 0 Å². The maximum atomic E-state index is 5.94. The first-order chi connectivity index (χ1) is 10.7. The zero-order valence-electron chi connectivity index (χ0n) is 12.8. The van der Waals surface area contributed by atoms with Crippen molar-refractivity contribution in [3.8, 4) is 23.0 Å². The minimum absolute atomic E-state index is 0.538. The van der Waals surface area contributed by atoms with Crippen molar-refractivity contribution < 1.29 is 13.9 Å². The Morgan fingerprint density at radius 2 is 1.86 bits per heavy atom. The fraction of sp³-hybridized carbons (Fsp3) is 0.235. The second kappa shape index (κ2) is 5.60. The Morgan fingerprint density at radius 3 is 2.55 bits per heavy atom. The van der Waals surface area contributed by atoms with Gasteiger partial charge in [0.1, 0.15) is 5.52 Å². The van der Waals surface area contributed by atoms with Gasteiger partial charge >= 0.3 is 0 Å². The SMILES string of the molecule is CCc1cc(N)cc2nc(-c3ccc(OC)c(OC)c3)oc12. The third-order valence-electron chi connectivity index (χ3n) is 3.60. The average Bonchev–Trinajstić information content (AvgIpc) is 2.97. The number of nitrogen functional groups attached to an aromatic ring is 1. The first kappa shape index (κ1) is 14.3. The molecule has 0 saturated heterocycles. The normalized spacial score (nSPS) is 10.9. The second-order valence-corrected chi connectivity index (χ2v) is 4.97. The number of aryl methyl sites for hydroxylation is 1. The van der Waals surface area contributed by atoms with Crippen molar-refractivity contribution in [2.45, 2.75) is 13.3 Å². The molecule has 5 heteroatoms. The van der Waals surface area contributed by atoms with Gasteiger partial charge in [0.05, 0.1) is 14.2 Å². The van der Waals surface area contributed by atoms with Gasteiger partial charge in [-0.1, -0.05) is 6.92 Å². The molecule has 1 heterocycles. The van der Waals surface area contributed by atoms with Crippen molar-refractivity contribution in [1.82, 2.24) is 4.98 Å². The van der Waals surface area contributed by atoms with Gasteiger partial charge in [-0.15, -0.1) is 0 Å². The third-order valence-corrected chi connectivity index (χ3v) is 3.60. The van der Waals surface area contributed by atoms with E-state index in [1.807, 2.05) is 30.3 Å². The summed E-state index contributed by atoms with van der Waals surface area (Å²) in [5.41, 5.74) is 10.0. The quantitative estimate of drug-likeness (QED) is 0.744. The first-order valence-corrected chi connectivity index (χ1v) is 7.07. The fourth-order valence-corrected chi connectivity index (χ4v) is 2.48. The van der Waals surface area contributed by atoms with Gasteiger partial charge in [0, 0.05) is 11.3 Å². The van der Waals surface area contributed by atoms with Crippen LogP contribution in [-0.4, -0.2) is 19.2 Å². The van der Waals surface area contributed by atoms with Gasteiger partial charge in [-0.2, -0.15) is 0 Å². The monoisotopic (exact) mass is 298 g/mol. The van der Waals surface area contributed by atoms with Crippen molar-refractivity contribution in [3.63, 3.8) is 0 Å². The van der Waals surface area contributed by atoms with E-state index in [0.29, 0.717) is 23.1 Å². The number of nitrogens with zero attached hydrogens (tertiary/aromatic N) is 1. The lowest BCUT2D eigenvalue weighted by atomic mass is 10.1. The molecule has 0 aliphatic rings. The number of nitrogens with two attached hydrogens (primary N) is 1. The molecular formula is C17H18N2O3. The smallest absolute Gasteiger partial charge is 0.227 e. The molecule has 3 aromatic rings. The second-order valence-electron chi connectivity index (χ2n) is 4.97. The van der Waals surface area contributed by atoms with Crippen molar-refractivity contribution in [2.75, 3.05) is 20.0 Å². The largest absolute Gasteiger partial charge is 0.493 e. The zero-order chi connectivity index (χ0) is 15.7. The van der Waals surface area contributed by atoms with Gasteiger partial charge < -0.3 is 19.6 Å². The standard InChI is InChI=1S/C17H18N2O3/c1-4-10-7-12(18)9-13-16(10)22-17(19-13)11-5-6-14(20-2)15(8-11)21-3/h5-9H,4,18H2,1-3H3. The summed E-state index contributed by atoms with van der Waals surface area (Å²) >= 11 is 0. The van der Waals surface area contributed by atoms with E-state index in [1.54, 1.807) is 14.2 Å². The maximum Gasteiger partial charge on any atom is 0.227 e. The van der Waals surface area contributed by atoms with Crippen LogP contribution in [0.4, 0.5) is 5.69 Å². The summed E-state index contributed by atoms with van der Waals surface area (Å²) < 4.78 is 16.5. The van der Waals surface area contributed by atoms with E-state index >= 15 is 0 Å². The summed E-state index contributed by atoms with van der Waals surface area (Å²) in [6, 6.07) is 9.31. The van der Waals surface area contributed by atoms with Gasteiger partial charge in [-0.3, -0.25) is 0 Å². The van der Waals surface area contributed by atoms with E-state index in [0.717, 1.165) is 28.6 Å². The molecule has 1 aromatic heterocycles. The molecule has 0 spiro atoms. The predicted molar refractivity (Wildman–Crippen MR) is 86.3 cm³/mol. The highest BCUT2D eigenvalue weighted by Crippen LogP contribution is 2.34. The molecule has 0 unspecified atom stereocenters. The Labute approximate surface area is 128 Å². The highest BCUT2D eigenvalue weighted by Gasteiger charge is 2.14. The summed E-state index contributed by atoms with van der Waals surface area (Å²) in [6.45, 7) is 2.06. The summed E-state index contributed by atoms with van der Waals surface area (Å²) in [5, 5.41) is 0. The Morgan fingerprint density at radius 1 is 1.09 bits per heavy atom. The van der Waals surface area contributed by atoms with Crippen LogP contribution < -0.4 is 15.2 Å². The maximum absolute atomic E-state index is 5.94. The molecule has 5 nitrogen and oxygen atoms in total. The number of hydrogen-bond acceptors (Lipinski definition) is 5. The Kier molecular flexibility index (Phi) is 3.63. The van der Waals surface area contributed by atoms with Crippen molar-refractivity contribution >= 4 is 16.8 Å². The van der Waals surface area contributed by atoms with Gasteiger partial charge in [0.2, 0.25) is 5.89 Å². The Balaban J connectivity index is 2.14. The molecule has 0 aliphatic heterocycles. The molecular weight excluding hydrogens is 280 g/mol. The van der Waals surface area contributed by atoms with Crippen LogP contribution >= 0.6 is 0 Å². The summed E-state index contributed by atoms with van der Waals surface area (Å²) in [7, 11) is 3.21. The number of aromatic nitrogens is 1.